The van der Waals surface area contributed by atoms with Gasteiger partial charge in [0.2, 0.25) is 0 Å². The molecular weight excluding hydrogens is 314 g/mol. The Kier molecular flexibility index (Phi) is 3.70. The van der Waals surface area contributed by atoms with Gasteiger partial charge in [-0.05, 0) is 30.2 Å². The van der Waals surface area contributed by atoms with Gasteiger partial charge in [-0.25, -0.2) is 0 Å². The van der Waals surface area contributed by atoms with Crippen LogP contribution in [0.1, 0.15) is 15.9 Å². The molecule has 3 heteroatoms. The van der Waals surface area contributed by atoms with Crippen LogP contribution in [0.2, 0.25) is 0 Å². The van der Waals surface area contributed by atoms with Crippen molar-refractivity contribution >= 4 is 33.1 Å². The first kappa shape index (κ1) is 13.1. The van der Waals surface area contributed by atoms with E-state index in [2.05, 4.69) is 50.8 Å². The first-order valence-electron chi connectivity index (χ1n) is 6.55. The minimum absolute atomic E-state index is 0.761. The van der Waals surface area contributed by atoms with Gasteiger partial charge in [0.05, 0.1) is 0 Å². The van der Waals surface area contributed by atoms with Crippen molar-refractivity contribution in [3.63, 3.8) is 0 Å². The predicted octanol–water partition coefficient (Wildman–Crippen LogP) is 4.46. The number of carbonyl (C=O) groups is 1. The number of nitrogens with zero attached hydrogens (tertiary/aromatic N) is 1. The van der Waals surface area contributed by atoms with E-state index >= 15 is 0 Å². The third kappa shape index (κ3) is 2.54. The van der Waals surface area contributed by atoms with Crippen LogP contribution in [0.15, 0.2) is 59.2 Å². The molecule has 0 bridgehead atoms. The molecule has 3 rings (SSSR count). The molecule has 20 heavy (non-hydrogen) atoms. The number of fused-ring (bicyclic) bond motifs is 1. The summed E-state index contributed by atoms with van der Waals surface area (Å²) in [5.41, 5.74) is 3.17. The Morgan fingerprint density at radius 2 is 1.80 bits per heavy atom. The number of hydrogen-bond donors (Lipinski definition) is 0. The van der Waals surface area contributed by atoms with E-state index in [1.165, 1.54) is 5.56 Å². The quantitative estimate of drug-likeness (QED) is 0.648. The number of halogens is 1. The van der Waals surface area contributed by atoms with E-state index in [-0.39, 0.29) is 0 Å². The Bertz CT molecular complexity index is 743. The monoisotopic (exact) mass is 327 g/mol. The fraction of sp³-hybridized carbons (Fsp3) is 0.118. The molecule has 2 nitrogen and oxygen atoms in total. The Morgan fingerprint density at radius 1 is 1.05 bits per heavy atom. The van der Waals surface area contributed by atoms with E-state index < -0.39 is 0 Å². The third-order valence-electron chi connectivity index (χ3n) is 3.50. The molecule has 100 valence electrons. The summed E-state index contributed by atoms with van der Waals surface area (Å²) in [5, 5.41) is 1.03. The summed E-state index contributed by atoms with van der Waals surface area (Å²) in [6.07, 6.45) is 3.82. The van der Waals surface area contributed by atoms with Crippen molar-refractivity contribution in [2.45, 2.75) is 13.0 Å². The van der Waals surface area contributed by atoms with E-state index in [1.807, 2.05) is 24.4 Å². The van der Waals surface area contributed by atoms with Crippen LogP contribution < -0.4 is 0 Å². The molecule has 0 fully saturated rings. The van der Waals surface area contributed by atoms with Gasteiger partial charge < -0.3 is 4.57 Å². The van der Waals surface area contributed by atoms with Gasteiger partial charge in [-0.2, -0.15) is 0 Å². The Balaban J connectivity index is 1.87. The van der Waals surface area contributed by atoms with Crippen LogP contribution in [-0.4, -0.2) is 10.9 Å². The number of aromatic nitrogens is 1. The molecule has 0 N–H and O–H groups in total. The van der Waals surface area contributed by atoms with Crippen molar-refractivity contribution in [1.29, 1.82) is 0 Å². The first-order valence-corrected chi connectivity index (χ1v) is 7.35. The summed E-state index contributed by atoms with van der Waals surface area (Å²) in [4.78, 5) is 11.1. The molecule has 0 spiro atoms. The number of carbonyl (C=O) groups excluding carboxylic acids is 1. The second kappa shape index (κ2) is 5.63. The van der Waals surface area contributed by atoms with Crippen molar-refractivity contribution in [2.75, 3.05) is 0 Å². The predicted molar refractivity (Wildman–Crippen MR) is 85.2 cm³/mol. The molecule has 1 heterocycles. The second-order valence-electron chi connectivity index (χ2n) is 4.79. The van der Waals surface area contributed by atoms with Crippen LogP contribution in [-0.2, 0) is 13.0 Å². The smallest absolute Gasteiger partial charge is 0.152 e. The summed E-state index contributed by atoms with van der Waals surface area (Å²) in [6, 6.07) is 16.4. The van der Waals surface area contributed by atoms with Gasteiger partial charge >= 0.3 is 0 Å². The van der Waals surface area contributed by atoms with Gasteiger partial charge in [0.1, 0.15) is 0 Å². The lowest BCUT2D eigenvalue weighted by molar-refractivity contribution is 0.112. The molecule has 0 aliphatic heterocycles. The normalized spacial score (nSPS) is 10.8. The SMILES string of the molecule is O=Cc1cn(CCc2ccc(Br)cc2)c2ccccc12. The fourth-order valence-corrected chi connectivity index (χ4v) is 2.72. The number of aldehydes is 1. The molecule has 0 saturated carbocycles. The Labute approximate surface area is 126 Å². The molecule has 0 saturated heterocycles. The van der Waals surface area contributed by atoms with Crippen LogP contribution in [0.3, 0.4) is 0 Å². The molecule has 0 aliphatic rings. The van der Waals surface area contributed by atoms with Crippen molar-refractivity contribution < 1.29 is 4.79 Å². The molecule has 0 atom stereocenters. The maximum atomic E-state index is 11.1. The first-order chi connectivity index (χ1) is 9.78. The zero-order valence-electron chi connectivity index (χ0n) is 10.9. The lowest BCUT2D eigenvalue weighted by Gasteiger charge is -2.05. The highest BCUT2D eigenvalue weighted by atomic mass is 79.9. The largest absolute Gasteiger partial charge is 0.346 e. The fourth-order valence-electron chi connectivity index (χ4n) is 2.45. The summed E-state index contributed by atoms with van der Waals surface area (Å²) in [5.74, 6) is 0. The minimum atomic E-state index is 0.761. The molecule has 2 aromatic carbocycles. The van der Waals surface area contributed by atoms with Crippen molar-refractivity contribution in [1.82, 2.24) is 4.57 Å². The van der Waals surface area contributed by atoms with Gasteiger partial charge in [0.25, 0.3) is 0 Å². The van der Waals surface area contributed by atoms with Crippen LogP contribution in [0.25, 0.3) is 10.9 Å². The molecule has 0 unspecified atom stereocenters. The lowest BCUT2D eigenvalue weighted by Crippen LogP contribution is -1.99. The van der Waals surface area contributed by atoms with Crippen molar-refractivity contribution in [3.05, 3.63) is 70.3 Å². The Morgan fingerprint density at radius 3 is 2.55 bits per heavy atom. The van der Waals surface area contributed by atoms with Crippen LogP contribution in [0, 0.1) is 0 Å². The summed E-state index contributed by atoms with van der Waals surface area (Å²) >= 11 is 3.44. The van der Waals surface area contributed by atoms with E-state index in [1.54, 1.807) is 0 Å². The van der Waals surface area contributed by atoms with Crippen LogP contribution >= 0.6 is 15.9 Å². The maximum absolute atomic E-state index is 11.1. The van der Waals surface area contributed by atoms with E-state index in [0.29, 0.717) is 0 Å². The Hall–Kier alpha value is -1.87. The number of hydrogen-bond acceptors (Lipinski definition) is 1. The summed E-state index contributed by atoms with van der Waals surface area (Å²) < 4.78 is 3.25. The molecule has 0 radical (unpaired) electrons. The third-order valence-corrected chi connectivity index (χ3v) is 4.03. The second-order valence-corrected chi connectivity index (χ2v) is 5.70. The van der Waals surface area contributed by atoms with E-state index in [4.69, 9.17) is 0 Å². The van der Waals surface area contributed by atoms with E-state index in [0.717, 1.165) is 40.2 Å². The molecule has 1 aromatic heterocycles. The van der Waals surface area contributed by atoms with Crippen molar-refractivity contribution in [2.24, 2.45) is 0 Å². The van der Waals surface area contributed by atoms with Crippen LogP contribution in [0.5, 0.6) is 0 Å². The number of benzene rings is 2. The van der Waals surface area contributed by atoms with E-state index in [9.17, 15) is 4.79 Å². The minimum Gasteiger partial charge on any atom is -0.346 e. The van der Waals surface area contributed by atoms with Gasteiger partial charge in [-0.3, -0.25) is 4.79 Å². The lowest BCUT2D eigenvalue weighted by atomic mass is 10.1. The highest BCUT2D eigenvalue weighted by molar-refractivity contribution is 9.10. The maximum Gasteiger partial charge on any atom is 0.152 e. The number of rotatable bonds is 4. The van der Waals surface area contributed by atoms with Gasteiger partial charge in [0, 0.05) is 33.7 Å². The van der Waals surface area contributed by atoms with Crippen molar-refractivity contribution in [3.8, 4) is 0 Å². The molecule has 0 aliphatic carbocycles. The zero-order valence-corrected chi connectivity index (χ0v) is 12.5. The molecular formula is C17H14BrNO. The number of para-hydroxylation sites is 1. The van der Waals surface area contributed by atoms with Gasteiger partial charge in [-0.1, -0.05) is 46.3 Å². The van der Waals surface area contributed by atoms with Gasteiger partial charge in [-0.15, -0.1) is 0 Å². The summed E-state index contributed by atoms with van der Waals surface area (Å²) in [7, 11) is 0. The summed E-state index contributed by atoms with van der Waals surface area (Å²) in [6.45, 7) is 0.871. The average Bonchev–Trinajstić information content (AvgIpc) is 2.85. The number of aryl methyl sites for hydroxylation is 2. The topological polar surface area (TPSA) is 22.0 Å². The highest BCUT2D eigenvalue weighted by Gasteiger charge is 2.06. The molecule has 3 aromatic rings. The average molecular weight is 328 g/mol. The standard InChI is InChI=1S/C17H14BrNO/c18-15-7-5-13(6-8-15)9-10-19-11-14(12-20)16-3-1-2-4-17(16)19/h1-8,11-12H,9-10H2. The highest BCUT2D eigenvalue weighted by Crippen LogP contribution is 2.20. The van der Waals surface area contributed by atoms with Gasteiger partial charge in [0.15, 0.2) is 6.29 Å². The molecule has 0 amide bonds. The van der Waals surface area contributed by atoms with Crippen LogP contribution in [0.4, 0.5) is 0 Å². The zero-order chi connectivity index (χ0) is 13.9.